The molecule has 1 N–H and O–H groups in total. The number of aryl methyl sites for hydroxylation is 1. The summed E-state index contributed by atoms with van der Waals surface area (Å²) in [7, 11) is -7.02. The second-order valence-electron chi connectivity index (χ2n) is 5.49. The molecule has 1 unspecified atom stereocenters. The van der Waals surface area contributed by atoms with Gasteiger partial charge in [-0.15, -0.1) is 0 Å². The zero-order valence-corrected chi connectivity index (χ0v) is 14.8. The largest absolute Gasteiger partial charge is 0.241 e. The van der Waals surface area contributed by atoms with Gasteiger partial charge < -0.3 is 0 Å². The van der Waals surface area contributed by atoms with Crippen molar-refractivity contribution in [3.63, 3.8) is 0 Å². The van der Waals surface area contributed by atoms with Crippen molar-refractivity contribution >= 4 is 31.6 Å². The summed E-state index contributed by atoms with van der Waals surface area (Å²) in [4.78, 5) is 0.161. The van der Waals surface area contributed by atoms with Crippen LogP contribution >= 0.6 is 11.6 Å². The lowest BCUT2D eigenvalue weighted by atomic mass is 10.1. The van der Waals surface area contributed by atoms with Gasteiger partial charge in [-0.2, -0.15) is 0 Å². The topological polar surface area (TPSA) is 83.6 Å². The third-order valence-corrected chi connectivity index (χ3v) is 6.79. The first-order chi connectivity index (χ1) is 10.1. The van der Waals surface area contributed by atoms with E-state index >= 15 is 0 Å². The molecule has 124 valence electrons. The van der Waals surface area contributed by atoms with E-state index in [0.29, 0.717) is 30.0 Å². The summed E-state index contributed by atoms with van der Waals surface area (Å²) in [5.41, 5.74) is 0.552. The molecule has 1 aliphatic heterocycles. The Morgan fingerprint density at radius 1 is 1.27 bits per heavy atom. The molecule has 0 spiro atoms. The summed E-state index contributed by atoms with van der Waals surface area (Å²) >= 11 is 5.84. The van der Waals surface area contributed by atoms with Crippen molar-refractivity contribution in [1.29, 1.82) is 0 Å². The molecule has 0 saturated carbocycles. The first-order valence-corrected chi connectivity index (χ1v) is 10.5. The lowest BCUT2D eigenvalue weighted by Gasteiger charge is -2.31. The number of sulfonamides is 2. The molecule has 1 aliphatic rings. The summed E-state index contributed by atoms with van der Waals surface area (Å²) in [6.45, 7) is 2.26. The zero-order chi connectivity index (χ0) is 16.5. The molecule has 9 heteroatoms. The molecule has 1 atom stereocenters. The van der Waals surface area contributed by atoms with Gasteiger partial charge in [-0.3, -0.25) is 0 Å². The zero-order valence-electron chi connectivity index (χ0n) is 12.4. The van der Waals surface area contributed by atoms with Gasteiger partial charge in [0.2, 0.25) is 20.0 Å². The van der Waals surface area contributed by atoms with Crippen LogP contribution in [0.15, 0.2) is 23.1 Å². The molecule has 1 heterocycles. The summed E-state index contributed by atoms with van der Waals surface area (Å²) in [5.74, 6) is 0. The van der Waals surface area contributed by atoms with E-state index in [1.807, 2.05) is 0 Å². The van der Waals surface area contributed by atoms with E-state index < -0.39 is 26.1 Å². The Morgan fingerprint density at radius 3 is 2.55 bits per heavy atom. The highest BCUT2D eigenvalue weighted by Gasteiger charge is 2.29. The summed E-state index contributed by atoms with van der Waals surface area (Å²) in [5, 5.41) is 0.470. The number of nitrogens with zero attached hydrogens (tertiary/aromatic N) is 1. The van der Waals surface area contributed by atoms with Gasteiger partial charge in [-0.25, -0.2) is 25.9 Å². The number of halogens is 1. The number of rotatable bonds is 4. The molecular weight excluding hydrogens is 348 g/mol. The van der Waals surface area contributed by atoms with Gasteiger partial charge in [0.15, 0.2) is 0 Å². The third-order valence-electron chi connectivity index (χ3n) is 3.60. The minimum atomic E-state index is -3.71. The standard InChI is InChI=1S/C13H19ClN2O4S2/c1-10-8-11(14)5-6-13(10)22(19,20)15-12-4-3-7-16(9-12)21(2,17)18/h5-6,8,12,15H,3-4,7,9H2,1-2H3. The van der Waals surface area contributed by atoms with Crippen molar-refractivity contribution in [1.82, 2.24) is 9.03 Å². The highest BCUT2D eigenvalue weighted by Crippen LogP contribution is 2.21. The molecule has 1 fully saturated rings. The Bertz CT molecular complexity index is 762. The quantitative estimate of drug-likeness (QED) is 0.871. The van der Waals surface area contributed by atoms with Gasteiger partial charge >= 0.3 is 0 Å². The minimum absolute atomic E-state index is 0.157. The first-order valence-electron chi connectivity index (χ1n) is 6.83. The highest BCUT2D eigenvalue weighted by atomic mass is 35.5. The van der Waals surface area contributed by atoms with Crippen LogP contribution in [0.3, 0.4) is 0 Å². The maximum atomic E-state index is 12.5. The molecule has 0 bridgehead atoms. The van der Waals surface area contributed by atoms with Crippen LogP contribution in [0.1, 0.15) is 18.4 Å². The lowest BCUT2D eigenvalue weighted by molar-refractivity contribution is 0.305. The Hall–Kier alpha value is -0.670. The van der Waals surface area contributed by atoms with Gasteiger partial charge in [-0.1, -0.05) is 11.6 Å². The molecule has 6 nitrogen and oxygen atoms in total. The van der Waals surface area contributed by atoms with Gasteiger partial charge in [0.25, 0.3) is 0 Å². The van der Waals surface area contributed by atoms with E-state index in [1.165, 1.54) is 16.4 Å². The van der Waals surface area contributed by atoms with Crippen molar-refractivity contribution in [2.75, 3.05) is 19.3 Å². The van der Waals surface area contributed by atoms with Crippen molar-refractivity contribution in [2.45, 2.75) is 30.7 Å². The molecule has 1 aromatic carbocycles. The Morgan fingerprint density at radius 2 is 1.95 bits per heavy atom. The number of piperidine rings is 1. The fraction of sp³-hybridized carbons (Fsp3) is 0.538. The fourth-order valence-electron chi connectivity index (χ4n) is 2.54. The second-order valence-corrected chi connectivity index (χ2v) is 9.59. The number of nitrogens with one attached hydrogen (secondary N) is 1. The third kappa shape index (κ3) is 4.20. The van der Waals surface area contributed by atoms with Crippen molar-refractivity contribution in [3.05, 3.63) is 28.8 Å². The van der Waals surface area contributed by atoms with Crippen LogP contribution in [0.4, 0.5) is 0 Å². The van der Waals surface area contributed by atoms with Crippen LogP contribution in [-0.4, -0.2) is 46.5 Å². The molecule has 1 saturated heterocycles. The average molecular weight is 367 g/mol. The SMILES string of the molecule is Cc1cc(Cl)ccc1S(=O)(=O)NC1CCCN(S(C)(=O)=O)C1. The van der Waals surface area contributed by atoms with E-state index in [1.54, 1.807) is 13.0 Å². The van der Waals surface area contributed by atoms with E-state index in [4.69, 9.17) is 11.6 Å². The Labute approximate surface area is 136 Å². The van der Waals surface area contributed by atoms with Gasteiger partial charge in [0, 0.05) is 24.2 Å². The van der Waals surface area contributed by atoms with E-state index in [9.17, 15) is 16.8 Å². The normalized spacial score (nSPS) is 21.0. The van der Waals surface area contributed by atoms with Crippen molar-refractivity contribution < 1.29 is 16.8 Å². The lowest BCUT2D eigenvalue weighted by Crippen LogP contribution is -2.49. The average Bonchev–Trinajstić information content (AvgIpc) is 2.36. The molecule has 0 aromatic heterocycles. The monoisotopic (exact) mass is 366 g/mol. The number of hydrogen-bond donors (Lipinski definition) is 1. The molecular formula is C13H19ClN2O4S2. The molecule has 1 aromatic rings. The second kappa shape index (κ2) is 6.45. The summed E-state index contributed by atoms with van der Waals surface area (Å²) in [6.07, 6.45) is 2.37. The van der Waals surface area contributed by atoms with Crippen molar-refractivity contribution in [3.8, 4) is 0 Å². The first kappa shape index (κ1) is 17.7. The number of benzene rings is 1. The molecule has 0 aliphatic carbocycles. The molecule has 0 radical (unpaired) electrons. The van der Waals surface area contributed by atoms with Crippen LogP contribution < -0.4 is 4.72 Å². The smallest absolute Gasteiger partial charge is 0.213 e. The molecule has 22 heavy (non-hydrogen) atoms. The Balaban J connectivity index is 2.18. The van der Waals surface area contributed by atoms with Gasteiger partial charge in [0.1, 0.15) is 0 Å². The maximum absolute atomic E-state index is 12.5. The molecule has 0 amide bonds. The Kier molecular flexibility index (Phi) is 5.18. The summed E-state index contributed by atoms with van der Waals surface area (Å²) < 4.78 is 52.0. The van der Waals surface area contributed by atoms with Crippen LogP contribution in [-0.2, 0) is 20.0 Å². The van der Waals surface area contributed by atoms with E-state index in [0.717, 1.165) is 6.26 Å². The van der Waals surface area contributed by atoms with Gasteiger partial charge in [0.05, 0.1) is 11.2 Å². The number of hydrogen-bond acceptors (Lipinski definition) is 4. The van der Waals surface area contributed by atoms with Crippen LogP contribution in [0.5, 0.6) is 0 Å². The minimum Gasteiger partial charge on any atom is -0.213 e. The maximum Gasteiger partial charge on any atom is 0.241 e. The van der Waals surface area contributed by atoms with Crippen molar-refractivity contribution in [2.24, 2.45) is 0 Å². The fourth-order valence-corrected chi connectivity index (χ4v) is 5.16. The van der Waals surface area contributed by atoms with Crippen LogP contribution in [0.25, 0.3) is 0 Å². The summed E-state index contributed by atoms with van der Waals surface area (Å²) in [6, 6.07) is 4.13. The van der Waals surface area contributed by atoms with Crippen LogP contribution in [0, 0.1) is 6.92 Å². The van der Waals surface area contributed by atoms with Crippen LogP contribution in [0.2, 0.25) is 5.02 Å². The highest BCUT2D eigenvalue weighted by molar-refractivity contribution is 7.89. The van der Waals surface area contributed by atoms with E-state index in [2.05, 4.69) is 4.72 Å². The van der Waals surface area contributed by atoms with Gasteiger partial charge in [-0.05, 0) is 43.5 Å². The molecule has 2 rings (SSSR count). The van der Waals surface area contributed by atoms with E-state index in [-0.39, 0.29) is 11.4 Å². The predicted molar refractivity (Wildman–Crippen MR) is 85.9 cm³/mol. The predicted octanol–water partition coefficient (Wildman–Crippen LogP) is 1.35.